The molecule has 0 spiro atoms. The van der Waals surface area contributed by atoms with Crippen LogP contribution in [-0.4, -0.2) is 39.8 Å². The van der Waals surface area contributed by atoms with Crippen molar-refractivity contribution in [2.24, 2.45) is 22.7 Å². The molecule has 0 amide bonds. The molecule has 1 aromatic carbocycles. The number of halogens is 2. The Balaban J connectivity index is 1.55. The molecule has 0 bridgehead atoms. The molecule has 0 unspecified atom stereocenters. The van der Waals surface area contributed by atoms with Gasteiger partial charge in [0.25, 0.3) is 0 Å². The monoisotopic (exact) mass is 541 g/mol. The molecular weight excluding hydrogens is 504 g/mol. The maximum Gasteiger partial charge on any atom is 0.202 e. The van der Waals surface area contributed by atoms with Crippen LogP contribution in [0.15, 0.2) is 41.9 Å². The number of nitrogen functional groups attached to an aromatic ring is 1. The number of amidine groups is 1. The summed E-state index contributed by atoms with van der Waals surface area (Å²) in [6, 6.07) is 4.78. The van der Waals surface area contributed by atoms with Crippen LogP contribution in [0.3, 0.4) is 0 Å². The Hall–Kier alpha value is -3.77. The number of hydrazone groups is 1. The van der Waals surface area contributed by atoms with Gasteiger partial charge in [0, 0.05) is 36.1 Å². The molecule has 1 fully saturated rings. The smallest absolute Gasteiger partial charge is 0.202 e. The summed E-state index contributed by atoms with van der Waals surface area (Å²) in [4.78, 5) is 4.24. The van der Waals surface area contributed by atoms with Crippen LogP contribution in [0, 0.1) is 17.6 Å². The van der Waals surface area contributed by atoms with E-state index in [1.807, 2.05) is 17.9 Å². The minimum Gasteiger partial charge on any atom is -0.487 e. The molecule has 2 aromatic heterocycles. The van der Waals surface area contributed by atoms with Crippen LogP contribution in [0.25, 0.3) is 11.1 Å². The lowest BCUT2D eigenvalue weighted by atomic mass is 9.93. The highest BCUT2D eigenvalue weighted by molar-refractivity contribution is 6.12. The van der Waals surface area contributed by atoms with Gasteiger partial charge in [-0.05, 0) is 63.3 Å². The summed E-state index contributed by atoms with van der Waals surface area (Å²) in [5, 5.41) is 12.2. The quantitative estimate of drug-likeness (QED) is 0.139. The van der Waals surface area contributed by atoms with Gasteiger partial charge in [-0.2, -0.15) is 14.6 Å². The second-order valence-electron chi connectivity index (χ2n) is 10.2. The summed E-state index contributed by atoms with van der Waals surface area (Å²) < 4.78 is 37.9. The average molecular weight is 542 g/mol. The van der Waals surface area contributed by atoms with Gasteiger partial charge in [0.15, 0.2) is 17.4 Å². The van der Waals surface area contributed by atoms with Crippen molar-refractivity contribution in [3.05, 3.63) is 54.0 Å². The number of nitrogens with zero attached hydrogens (tertiary/aromatic N) is 5. The van der Waals surface area contributed by atoms with Crippen molar-refractivity contribution < 1.29 is 13.5 Å². The Kier molecular flexibility index (Phi) is 8.97. The van der Waals surface area contributed by atoms with Gasteiger partial charge in [-0.25, -0.2) is 15.2 Å². The zero-order valence-corrected chi connectivity index (χ0v) is 22.6. The highest BCUT2D eigenvalue weighted by Gasteiger charge is 2.26. The maximum atomic E-state index is 15.2. The number of ether oxygens (including phenoxy) is 1. The van der Waals surface area contributed by atoms with Crippen molar-refractivity contribution in [1.29, 1.82) is 0 Å². The van der Waals surface area contributed by atoms with E-state index in [4.69, 9.17) is 22.2 Å². The number of aryl methyl sites for hydroxylation is 1. The summed E-state index contributed by atoms with van der Waals surface area (Å²) in [6.45, 7) is 5.08. The van der Waals surface area contributed by atoms with E-state index in [1.54, 1.807) is 18.5 Å². The molecule has 0 radical (unpaired) electrons. The number of anilines is 2. The Morgan fingerprint density at radius 1 is 1.18 bits per heavy atom. The average Bonchev–Trinajstić information content (AvgIpc) is 3.41. The first-order valence-electron chi connectivity index (χ1n) is 13.1. The summed E-state index contributed by atoms with van der Waals surface area (Å²) in [5.41, 5.74) is 7.58. The van der Waals surface area contributed by atoms with E-state index in [2.05, 4.69) is 34.3 Å². The minimum absolute atomic E-state index is 0.0728. The largest absolute Gasteiger partial charge is 0.487 e. The van der Waals surface area contributed by atoms with Gasteiger partial charge in [-0.15, -0.1) is 0 Å². The van der Waals surface area contributed by atoms with E-state index in [1.165, 1.54) is 12.1 Å². The molecule has 1 aliphatic carbocycles. The van der Waals surface area contributed by atoms with Crippen molar-refractivity contribution in [2.45, 2.75) is 64.6 Å². The molecule has 4 rings (SSSR count). The van der Waals surface area contributed by atoms with Crippen LogP contribution >= 0.6 is 0 Å². The van der Waals surface area contributed by atoms with Crippen LogP contribution in [0.4, 0.5) is 20.3 Å². The number of hydrazine groups is 1. The fourth-order valence-corrected chi connectivity index (χ4v) is 4.66. The first-order chi connectivity index (χ1) is 18.7. The number of rotatable bonds is 9. The van der Waals surface area contributed by atoms with Crippen molar-refractivity contribution in [3.8, 4) is 16.9 Å². The third-order valence-corrected chi connectivity index (χ3v) is 7.07. The molecule has 210 valence electrons. The highest BCUT2D eigenvalue weighted by Crippen LogP contribution is 2.32. The molecule has 0 saturated heterocycles. The molecule has 39 heavy (non-hydrogen) atoms. The number of pyridine rings is 1. The number of nitrogens with two attached hydrogens (primary N) is 3. The minimum atomic E-state index is -1.19. The lowest BCUT2D eigenvalue weighted by molar-refractivity contribution is 0.135. The molecule has 0 atom stereocenters. The first kappa shape index (κ1) is 28.2. The number of hydrogen-bond acceptors (Lipinski definition) is 8. The van der Waals surface area contributed by atoms with E-state index >= 15 is 8.78 Å². The number of aromatic nitrogens is 3. The predicted octanol–water partition coefficient (Wildman–Crippen LogP) is 3.76. The highest BCUT2D eigenvalue weighted by atomic mass is 19.2. The lowest BCUT2D eigenvalue weighted by Crippen LogP contribution is -2.40. The molecule has 7 N–H and O–H groups in total. The van der Waals surface area contributed by atoms with Crippen LogP contribution in [0.1, 0.15) is 51.5 Å². The summed E-state index contributed by atoms with van der Waals surface area (Å²) in [6.07, 6.45) is 9.32. The van der Waals surface area contributed by atoms with Gasteiger partial charge >= 0.3 is 0 Å². The first-order valence-corrected chi connectivity index (χ1v) is 13.1. The van der Waals surface area contributed by atoms with Gasteiger partial charge < -0.3 is 21.6 Å². The van der Waals surface area contributed by atoms with Crippen LogP contribution in [0.2, 0.25) is 0 Å². The van der Waals surface area contributed by atoms with E-state index in [0.29, 0.717) is 17.5 Å². The number of nitrogens with one attached hydrogen (secondary N) is 1. The Morgan fingerprint density at radius 2 is 1.92 bits per heavy atom. The van der Waals surface area contributed by atoms with E-state index in [-0.39, 0.29) is 34.8 Å². The number of benzene rings is 1. The molecule has 3 aromatic rings. The van der Waals surface area contributed by atoms with Gasteiger partial charge in [-0.3, -0.25) is 9.69 Å². The van der Waals surface area contributed by atoms with Crippen molar-refractivity contribution in [3.63, 3.8) is 0 Å². The van der Waals surface area contributed by atoms with Crippen LogP contribution in [-0.2, 0) is 6.54 Å². The fourth-order valence-electron chi connectivity index (χ4n) is 4.66. The zero-order valence-electron chi connectivity index (χ0n) is 22.6. The Labute approximate surface area is 227 Å². The van der Waals surface area contributed by atoms with Gasteiger partial charge in [0.05, 0.1) is 23.6 Å². The SMILES string of the molecule is CNC1CCC(Oc2ccc(N(N)/C(=N\N)c3cc(-c4cnn(CCC(C)C)c4)cnc3N)c(F)c2F)CC1. The topological polar surface area (TPSA) is 146 Å². The van der Waals surface area contributed by atoms with Crippen LogP contribution < -0.4 is 32.5 Å². The van der Waals surface area contributed by atoms with Gasteiger partial charge in [0.2, 0.25) is 5.82 Å². The Morgan fingerprint density at radius 3 is 2.59 bits per heavy atom. The van der Waals surface area contributed by atoms with Crippen molar-refractivity contribution in [1.82, 2.24) is 20.1 Å². The van der Waals surface area contributed by atoms with E-state index in [0.717, 1.165) is 49.2 Å². The molecule has 12 heteroatoms. The van der Waals surface area contributed by atoms with Gasteiger partial charge in [0.1, 0.15) is 5.82 Å². The summed E-state index contributed by atoms with van der Waals surface area (Å²) in [7, 11) is 1.92. The van der Waals surface area contributed by atoms with Crippen molar-refractivity contribution >= 4 is 17.3 Å². The molecule has 10 nitrogen and oxygen atoms in total. The Bertz CT molecular complexity index is 1300. The summed E-state index contributed by atoms with van der Waals surface area (Å²) >= 11 is 0. The third-order valence-electron chi connectivity index (χ3n) is 7.07. The fraction of sp³-hybridized carbons (Fsp3) is 0.444. The molecular formula is C27H37F2N9O. The second kappa shape index (κ2) is 12.4. The maximum absolute atomic E-state index is 15.2. The molecule has 1 aliphatic rings. The normalized spacial score (nSPS) is 18.0. The third kappa shape index (κ3) is 6.45. The second-order valence-corrected chi connectivity index (χ2v) is 10.2. The number of hydrogen-bond donors (Lipinski definition) is 4. The van der Waals surface area contributed by atoms with E-state index in [9.17, 15) is 0 Å². The standard InChI is InChI=1S/C27H37F2N9O/c1-16(2)10-11-37-15-18(14-35-37)17-12-21(26(30)34-13-17)27(36-31)38(32)22-8-9-23(25(29)24(22)28)39-20-6-4-19(33-3)5-7-20/h8-9,12-16,19-20,33H,4-7,10-11,31-32H2,1-3H3,(H2,30,34)/b36-27-. The zero-order chi connectivity index (χ0) is 28.1. The lowest BCUT2D eigenvalue weighted by Gasteiger charge is -2.29. The van der Waals surface area contributed by atoms with Crippen LogP contribution in [0.5, 0.6) is 5.75 Å². The van der Waals surface area contributed by atoms with E-state index < -0.39 is 11.6 Å². The molecule has 2 heterocycles. The predicted molar refractivity (Wildman–Crippen MR) is 149 cm³/mol. The summed E-state index contributed by atoms with van der Waals surface area (Å²) in [5.74, 6) is 9.91. The van der Waals surface area contributed by atoms with Crippen molar-refractivity contribution in [2.75, 3.05) is 17.8 Å². The molecule has 1 saturated carbocycles. The molecule has 0 aliphatic heterocycles. The van der Waals surface area contributed by atoms with Gasteiger partial charge in [-0.1, -0.05) is 13.8 Å².